The van der Waals surface area contributed by atoms with Crippen molar-refractivity contribution >= 4 is 27.5 Å². The molecule has 1 amide bonds. The third-order valence-corrected chi connectivity index (χ3v) is 4.10. The molecule has 0 aromatic rings. The maximum absolute atomic E-state index is 11.2. The zero-order valence-electron chi connectivity index (χ0n) is 7.86. The lowest BCUT2D eigenvalue weighted by Gasteiger charge is -2.14. The molecular weight excluding hydrogens is 228 g/mol. The number of nitrogens with zero attached hydrogens (tertiary/aromatic N) is 1. The van der Waals surface area contributed by atoms with Crippen molar-refractivity contribution in [3.63, 3.8) is 0 Å². The van der Waals surface area contributed by atoms with Gasteiger partial charge in [-0.15, -0.1) is 11.6 Å². The first-order valence-corrected chi connectivity index (χ1v) is 6.39. The van der Waals surface area contributed by atoms with Crippen LogP contribution in [0.4, 0.5) is 0 Å². The third-order valence-electron chi connectivity index (χ3n) is 1.92. The summed E-state index contributed by atoms with van der Waals surface area (Å²) in [6, 6.07) is 0.245. The predicted molar refractivity (Wildman–Crippen MR) is 53.4 cm³/mol. The number of carbonyl (C=O) groups is 1. The van der Waals surface area contributed by atoms with E-state index in [2.05, 4.69) is 5.32 Å². The van der Waals surface area contributed by atoms with E-state index in [0.717, 1.165) is 17.1 Å². The molecule has 0 radical (unpaired) electrons. The summed E-state index contributed by atoms with van der Waals surface area (Å²) < 4.78 is 23.3. The lowest BCUT2D eigenvalue weighted by atomic mass is 10.5. The van der Waals surface area contributed by atoms with Gasteiger partial charge in [-0.05, 0) is 12.8 Å². The normalized spacial score (nSPS) is 17.1. The molecule has 0 aromatic carbocycles. The highest BCUT2D eigenvalue weighted by Gasteiger charge is 2.25. The molecule has 1 fully saturated rings. The highest BCUT2D eigenvalue weighted by molar-refractivity contribution is 7.90. The second kappa shape index (κ2) is 4.46. The molecule has 82 valence electrons. The van der Waals surface area contributed by atoms with Crippen LogP contribution in [-0.2, 0) is 14.8 Å². The van der Waals surface area contributed by atoms with E-state index >= 15 is 0 Å². The number of carbonyl (C=O) groups excluding carboxylic acids is 1. The molecule has 0 unspecified atom stereocenters. The minimum atomic E-state index is -3.47. The molecule has 1 rings (SSSR count). The number of hydrogen-bond acceptors (Lipinski definition) is 3. The Bertz CT molecular complexity index is 313. The molecule has 0 aliphatic heterocycles. The molecule has 7 heteroatoms. The highest BCUT2D eigenvalue weighted by Crippen LogP contribution is 2.18. The molecule has 14 heavy (non-hydrogen) atoms. The second-order valence-electron chi connectivity index (χ2n) is 3.32. The van der Waals surface area contributed by atoms with Crippen LogP contribution in [0, 0.1) is 0 Å². The van der Waals surface area contributed by atoms with Gasteiger partial charge in [0.2, 0.25) is 15.9 Å². The Kier molecular flexibility index (Phi) is 3.74. The molecule has 5 nitrogen and oxygen atoms in total. The van der Waals surface area contributed by atoms with Crippen molar-refractivity contribution in [3.05, 3.63) is 0 Å². The van der Waals surface area contributed by atoms with Gasteiger partial charge in [0.1, 0.15) is 5.21 Å². The van der Waals surface area contributed by atoms with Gasteiger partial charge in [0.25, 0.3) is 0 Å². The minimum absolute atomic E-state index is 0.161. The number of hydrogen-bond donors (Lipinski definition) is 1. The Morgan fingerprint density at radius 1 is 1.57 bits per heavy atom. The van der Waals surface area contributed by atoms with Crippen LogP contribution in [0.3, 0.4) is 0 Å². The molecule has 1 saturated carbocycles. The summed E-state index contributed by atoms with van der Waals surface area (Å²) in [7, 11) is -2.13. The Hall–Kier alpha value is -0.330. The topological polar surface area (TPSA) is 66.5 Å². The fraction of sp³-hybridized carbons (Fsp3) is 0.857. The zero-order chi connectivity index (χ0) is 10.8. The van der Waals surface area contributed by atoms with Crippen molar-refractivity contribution in [2.75, 3.05) is 18.8 Å². The van der Waals surface area contributed by atoms with Crippen molar-refractivity contribution < 1.29 is 13.2 Å². The monoisotopic (exact) mass is 240 g/mol. The first kappa shape index (κ1) is 11.7. The van der Waals surface area contributed by atoms with E-state index < -0.39 is 15.2 Å². The Labute approximate surface area is 88.5 Å². The van der Waals surface area contributed by atoms with Crippen molar-refractivity contribution in [1.82, 2.24) is 9.62 Å². The van der Waals surface area contributed by atoms with Crippen LogP contribution in [-0.4, -0.2) is 43.5 Å². The van der Waals surface area contributed by atoms with Crippen LogP contribution in [0.25, 0.3) is 0 Å². The summed E-state index contributed by atoms with van der Waals surface area (Å²) >= 11 is 5.23. The Balaban J connectivity index is 2.38. The average Bonchev–Trinajstić information content (AvgIpc) is 2.88. The zero-order valence-corrected chi connectivity index (χ0v) is 9.44. The molecule has 0 saturated heterocycles. The van der Waals surface area contributed by atoms with E-state index in [4.69, 9.17) is 11.6 Å². The molecule has 0 spiro atoms. The standard InChI is InChI=1S/C7H13ClN2O3S/c1-10(14(12,13)5-8)4-7(11)9-6-2-3-6/h6H,2-5H2,1H3,(H,9,11). The first-order valence-electron chi connectivity index (χ1n) is 4.25. The SMILES string of the molecule is CN(CC(=O)NC1CC1)S(=O)(=O)CCl. The summed E-state index contributed by atoms with van der Waals surface area (Å²) in [6.45, 7) is -0.161. The van der Waals surface area contributed by atoms with E-state index in [9.17, 15) is 13.2 Å². The van der Waals surface area contributed by atoms with Crippen molar-refractivity contribution in [2.45, 2.75) is 18.9 Å². The highest BCUT2D eigenvalue weighted by atomic mass is 35.5. The van der Waals surface area contributed by atoms with Gasteiger partial charge in [-0.25, -0.2) is 8.42 Å². The fourth-order valence-corrected chi connectivity index (χ4v) is 1.87. The van der Waals surface area contributed by atoms with Crippen molar-refractivity contribution in [3.8, 4) is 0 Å². The first-order chi connectivity index (χ1) is 6.45. The number of likely N-dealkylation sites (N-methyl/N-ethyl adjacent to an activating group) is 1. The summed E-state index contributed by atoms with van der Waals surface area (Å²) in [5.74, 6) is -0.274. The summed E-state index contributed by atoms with van der Waals surface area (Å²) in [5.41, 5.74) is 0. The molecule has 0 aromatic heterocycles. The smallest absolute Gasteiger partial charge is 0.235 e. The average molecular weight is 241 g/mol. The summed E-state index contributed by atoms with van der Waals surface area (Å²) in [6.07, 6.45) is 1.97. The van der Waals surface area contributed by atoms with Crippen LogP contribution in [0.2, 0.25) is 0 Å². The number of alkyl halides is 1. The molecule has 1 aliphatic carbocycles. The van der Waals surface area contributed by atoms with E-state index in [-0.39, 0.29) is 18.5 Å². The van der Waals surface area contributed by atoms with E-state index in [1.165, 1.54) is 7.05 Å². The van der Waals surface area contributed by atoms with Gasteiger partial charge in [-0.3, -0.25) is 4.79 Å². The van der Waals surface area contributed by atoms with Crippen molar-refractivity contribution in [1.29, 1.82) is 0 Å². The van der Waals surface area contributed by atoms with E-state index in [0.29, 0.717) is 0 Å². The number of rotatable bonds is 5. The second-order valence-corrected chi connectivity index (χ2v) is 5.98. The molecule has 1 aliphatic rings. The van der Waals surface area contributed by atoms with Gasteiger partial charge in [-0.1, -0.05) is 0 Å². The van der Waals surface area contributed by atoms with E-state index in [1.807, 2.05) is 0 Å². The van der Waals surface area contributed by atoms with Crippen molar-refractivity contribution in [2.24, 2.45) is 0 Å². The van der Waals surface area contributed by atoms with Crippen LogP contribution in [0.1, 0.15) is 12.8 Å². The molecule has 0 heterocycles. The lowest BCUT2D eigenvalue weighted by Crippen LogP contribution is -2.39. The number of nitrogens with one attached hydrogen (secondary N) is 1. The van der Waals surface area contributed by atoms with Crippen LogP contribution < -0.4 is 5.32 Å². The predicted octanol–water partition coefficient (Wildman–Crippen LogP) is -0.277. The van der Waals surface area contributed by atoms with Crippen LogP contribution >= 0.6 is 11.6 Å². The van der Waals surface area contributed by atoms with Crippen LogP contribution in [0.5, 0.6) is 0 Å². The summed E-state index contributed by atoms with van der Waals surface area (Å²) in [4.78, 5) is 11.2. The molecular formula is C7H13ClN2O3S. The van der Waals surface area contributed by atoms with Crippen LogP contribution in [0.15, 0.2) is 0 Å². The Morgan fingerprint density at radius 3 is 2.57 bits per heavy atom. The quantitative estimate of drug-likeness (QED) is 0.673. The maximum Gasteiger partial charge on any atom is 0.235 e. The van der Waals surface area contributed by atoms with Gasteiger partial charge < -0.3 is 5.32 Å². The van der Waals surface area contributed by atoms with Gasteiger partial charge in [0, 0.05) is 13.1 Å². The number of halogens is 1. The largest absolute Gasteiger partial charge is 0.352 e. The minimum Gasteiger partial charge on any atom is -0.352 e. The van der Waals surface area contributed by atoms with Gasteiger partial charge >= 0.3 is 0 Å². The molecule has 1 N–H and O–H groups in total. The third kappa shape index (κ3) is 3.43. The number of sulfonamides is 1. The van der Waals surface area contributed by atoms with Gasteiger partial charge in [0.05, 0.1) is 6.54 Å². The lowest BCUT2D eigenvalue weighted by molar-refractivity contribution is -0.121. The fourth-order valence-electron chi connectivity index (χ4n) is 0.885. The molecule has 0 bridgehead atoms. The maximum atomic E-state index is 11.2. The number of amides is 1. The Morgan fingerprint density at radius 2 is 2.14 bits per heavy atom. The van der Waals surface area contributed by atoms with Gasteiger partial charge in [0.15, 0.2) is 0 Å². The van der Waals surface area contributed by atoms with E-state index in [1.54, 1.807) is 0 Å². The molecule has 0 atom stereocenters. The summed E-state index contributed by atoms with van der Waals surface area (Å²) in [5, 5.41) is 2.19. The van der Waals surface area contributed by atoms with Gasteiger partial charge in [-0.2, -0.15) is 4.31 Å².